The van der Waals surface area contributed by atoms with Crippen molar-refractivity contribution in [3.8, 4) is 0 Å². The third-order valence-electron chi connectivity index (χ3n) is 2.36. The standard InChI is InChI=1S/C9H12O3/c1-6-2-3-7(11-6)8-4-5-9(10)12-8/h7-8H,1-5H2. The Labute approximate surface area is 71.3 Å². The predicted octanol–water partition coefficient (Wildman–Crippen LogP) is 1.38. The highest BCUT2D eigenvalue weighted by Gasteiger charge is 2.35. The second kappa shape index (κ2) is 2.81. The molecule has 0 aromatic rings. The summed E-state index contributed by atoms with van der Waals surface area (Å²) < 4.78 is 10.5. The van der Waals surface area contributed by atoms with Gasteiger partial charge in [0.2, 0.25) is 0 Å². The second-order valence-electron chi connectivity index (χ2n) is 3.30. The van der Waals surface area contributed by atoms with E-state index in [4.69, 9.17) is 9.47 Å². The van der Waals surface area contributed by atoms with E-state index in [2.05, 4.69) is 6.58 Å². The van der Waals surface area contributed by atoms with Gasteiger partial charge in [0.05, 0.1) is 5.76 Å². The number of cyclic esters (lactones) is 1. The van der Waals surface area contributed by atoms with Crippen LogP contribution in [0.25, 0.3) is 0 Å². The summed E-state index contributed by atoms with van der Waals surface area (Å²) in [5, 5.41) is 0. The molecule has 0 amide bonds. The molecule has 2 fully saturated rings. The van der Waals surface area contributed by atoms with Crippen molar-refractivity contribution in [2.45, 2.75) is 37.9 Å². The van der Waals surface area contributed by atoms with E-state index in [0.29, 0.717) is 6.42 Å². The highest BCUT2D eigenvalue weighted by Crippen LogP contribution is 2.29. The van der Waals surface area contributed by atoms with Crippen LogP contribution in [0.3, 0.4) is 0 Å². The molecule has 0 radical (unpaired) electrons. The first-order valence-electron chi connectivity index (χ1n) is 4.29. The lowest BCUT2D eigenvalue weighted by Gasteiger charge is -2.16. The van der Waals surface area contributed by atoms with Gasteiger partial charge in [-0.25, -0.2) is 0 Å². The summed E-state index contributed by atoms with van der Waals surface area (Å²) in [6.07, 6.45) is 3.24. The van der Waals surface area contributed by atoms with Gasteiger partial charge in [0, 0.05) is 12.8 Å². The molecule has 2 saturated heterocycles. The molecule has 0 saturated carbocycles. The molecule has 2 heterocycles. The minimum absolute atomic E-state index is 0.0169. The van der Waals surface area contributed by atoms with Crippen LogP contribution in [-0.2, 0) is 14.3 Å². The van der Waals surface area contributed by atoms with E-state index in [9.17, 15) is 4.79 Å². The van der Waals surface area contributed by atoms with E-state index in [0.717, 1.165) is 25.0 Å². The average Bonchev–Trinajstić information content (AvgIpc) is 2.58. The van der Waals surface area contributed by atoms with Crippen molar-refractivity contribution in [3.63, 3.8) is 0 Å². The smallest absolute Gasteiger partial charge is 0.306 e. The van der Waals surface area contributed by atoms with Gasteiger partial charge < -0.3 is 9.47 Å². The number of ether oxygens (including phenoxy) is 2. The van der Waals surface area contributed by atoms with E-state index in [1.165, 1.54) is 0 Å². The Morgan fingerprint density at radius 3 is 2.33 bits per heavy atom. The minimum Gasteiger partial charge on any atom is -0.492 e. The van der Waals surface area contributed by atoms with Gasteiger partial charge in [-0.15, -0.1) is 0 Å². The maximum Gasteiger partial charge on any atom is 0.306 e. The van der Waals surface area contributed by atoms with E-state index in [1.807, 2.05) is 0 Å². The van der Waals surface area contributed by atoms with Crippen molar-refractivity contribution in [2.24, 2.45) is 0 Å². The first kappa shape index (κ1) is 7.65. The zero-order chi connectivity index (χ0) is 8.55. The summed E-state index contributed by atoms with van der Waals surface area (Å²) >= 11 is 0. The number of allylic oxidation sites excluding steroid dienone is 1. The summed E-state index contributed by atoms with van der Waals surface area (Å²) in [7, 11) is 0. The monoisotopic (exact) mass is 168 g/mol. The lowest BCUT2D eigenvalue weighted by atomic mass is 10.1. The third kappa shape index (κ3) is 1.31. The third-order valence-corrected chi connectivity index (χ3v) is 2.36. The molecule has 3 nitrogen and oxygen atoms in total. The van der Waals surface area contributed by atoms with Gasteiger partial charge in [-0.3, -0.25) is 4.79 Å². The van der Waals surface area contributed by atoms with Crippen LogP contribution < -0.4 is 0 Å². The fraction of sp³-hybridized carbons (Fsp3) is 0.667. The molecule has 0 aromatic heterocycles. The fourth-order valence-electron chi connectivity index (χ4n) is 1.71. The van der Waals surface area contributed by atoms with Crippen molar-refractivity contribution < 1.29 is 14.3 Å². The summed E-state index contributed by atoms with van der Waals surface area (Å²) in [4.78, 5) is 10.8. The minimum atomic E-state index is -0.0962. The fourth-order valence-corrected chi connectivity index (χ4v) is 1.71. The number of hydrogen-bond donors (Lipinski definition) is 0. The molecule has 0 N–H and O–H groups in total. The lowest BCUT2D eigenvalue weighted by Crippen LogP contribution is -2.24. The van der Waals surface area contributed by atoms with Crippen molar-refractivity contribution in [1.29, 1.82) is 0 Å². The summed E-state index contributed by atoms with van der Waals surface area (Å²) in [5.74, 6) is 0.726. The molecule has 0 spiro atoms. The predicted molar refractivity (Wildman–Crippen MR) is 42.4 cm³/mol. The zero-order valence-corrected chi connectivity index (χ0v) is 6.91. The maximum atomic E-state index is 10.8. The van der Waals surface area contributed by atoms with Crippen molar-refractivity contribution >= 4 is 5.97 Å². The van der Waals surface area contributed by atoms with Crippen LogP contribution in [0.5, 0.6) is 0 Å². The van der Waals surface area contributed by atoms with E-state index in [-0.39, 0.29) is 18.2 Å². The van der Waals surface area contributed by atoms with Crippen LogP contribution in [0, 0.1) is 0 Å². The second-order valence-corrected chi connectivity index (χ2v) is 3.30. The number of hydrogen-bond acceptors (Lipinski definition) is 3. The molecular weight excluding hydrogens is 156 g/mol. The van der Waals surface area contributed by atoms with Crippen LogP contribution >= 0.6 is 0 Å². The van der Waals surface area contributed by atoms with Crippen molar-refractivity contribution in [2.75, 3.05) is 0 Å². The SMILES string of the molecule is C=C1CCC(C2CCC(=O)O2)O1. The Hall–Kier alpha value is -0.990. The summed E-state index contributed by atoms with van der Waals surface area (Å²) in [6, 6.07) is 0. The normalized spacial score (nSPS) is 35.0. The van der Waals surface area contributed by atoms with Gasteiger partial charge >= 0.3 is 5.97 Å². The van der Waals surface area contributed by atoms with Gasteiger partial charge in [-0.1, -0.05) is 6.58 Å². The van der Waals surface area contributed by atoms with Crippen LogP contribution in [0.2, 0.25) is 0 Å². The largest absolute Gasteiger partial charge is 0.492 e. The topological polar surface area (TPSA) is 35.5 Å². The Morgan fingerprint density at radius 1 is 1.17 bits per heavy atom. The molecule has 66 valence electrons. The first-order chi connectivity index (χ1) is 5.75. The van der Waals surface area contributed by atoms with Crippen LogP contribution in [0.15, 0.2) is 12.3 Å². The molecule has 2 unspecified atom stereocenters. The Balaban J connectivity index is 1.93. The molecule has 2 aliphatic rings. The maximum absolute atomic E-state index is 10.8. The van der Waals surface area contributed by atoms with Gasteiger partial charge in [-0.05, 0) is 12.8 Å². The van der Waals surface area contributed by atoms with Crippen molar-refractivity contribution in [3.05, 3.63) is 12.3 Å². The molecule has 0 aliphatic carbocycles. The summed E-state index contributed by atoms with van der Waals surface area (Å²) in [5.41, 5.74) is 0. The Bertz CT molecular complexity index is 198. The van der Waals surface area contributed by atoms with Crippen LogP contribution in [0.4, 0.5) is 0 Å². The van der Waals surface area contributed by atoms with E-state index < -0.39 is 0 Å². The molecular formula is C9H12O3. The van der Waals surface area contributed by atoms with Crippen LogP contribution in [0.1, 0.15) is 25.7 Å². The highest BCUT2D eigenvalue weighted by atomic mass is 16.6. The molecule has 2 atom stereocenters. The number of carbonyl (C=O) groups is 1. The Kier molecular flexibility index (Phi) is 1.79. The Morgan fingerprint density at radius 2 is 1.83 bits per heavy atom. The van der Waals surface area contributed by atoms with Gasteiger partial charge in [0.15, 0.2) is 0 Å². The average molecular weight is 168 g/mol. The van der Waals surface area contributed by atoms with Crippen molar-refractivity contribution in [1.82, 2.24) is 0 Å². The zero-order valence-electron chi connectivity index (χ0n) is 6.91. The molecule has 2 rings (SSSR count). The lowest BCUT2D eigenvalue weighted by molar-refractivity contribution is -0.145. The molecule has 2 aliphatic heterocycles. The molecule has 0 bridgehead atoms. The van der Waals surface area contributed by atoms with E-state index in [1.54, 1.807) is 0 Å². The molecule has 3 heteroatoms. The van der Waals surface area contributed by atoms with Gasteiger partial charge in [-0.2, -0.15) is 0 Å². The molecule has 12 heavy (non-hydrogen) atoms. The summed E-state index contributed by atoms with van der Waals surface area (Å²) in [6.45, 7) is 3.73. The number of carbonyl (C=O) groups excluding carboxylic acids is 1. The first-order valence-corrected chi connectivity index (χ1v) is 4.29. The van der Waals surface area contributed by atoms with E-state index >= 15 is 0 Å². The molecule has 0 aromatic carbocycles. The number of esters is 1. The van der Waals surface area contributed by atoms with Gasteiger partial charge in [0.25, 0.3) is 0 Å². The quantitative estimate of drug-likeness (QED) is 0.555. The number of rotatable bonds is 1. The highest BCUT2D eigenvalue weighted by molar-refractivity contribution is 5.71. The van der Waals surface area contributed by atoms with Crippen LogP contribution in [-0.4, -0.2) is 18.2 Å². The van der Waals surface area contributed by atoms with Gasteiger partial charge in [0.1, 0.15) is 12.2 Å².